The van der Waals surface area contributed by atoms with Crippen LogP contribution in [-0.4, -0.2) is 17.4 Å². The van der Waals surface area contributed by atoms with E-state index in [4.69, 9.17) is 0 Å². The first kappa shape index (κ1) is 12.0. The lowest BCUT2D eigenvalue weighted by Gasteiger charge is -2.01. The van der Waals surface area contributed by atoms with Gasteiger partial charge < -0.3 is 5.32 Å². The van der Waals surface area contributed by atoms with Crippen LogP contribution in [0.1, 0.15) is 33.4 Å². The number of aromatic nitrogens is 1. The summed E-state index contributed by atoms with van der Waals surface area (Å²) in [4.78, 5) is 18.1. The molecule has 2 aromatic rings. The first-order valence-corrected chi connectivity index (χ1v) is 6.51. The molecule has 0 aliphatic heterocycles. The minimum Gasteiger partial charge on any atom is -0.352 e. The molecule has 1 N–H and O–H groups in total. The van der Waals surface area contributed by atoms with Crippen LogP contribution in [0.4, 0.5) is 0 Å². The molecule has 0 unspecified atom stereocenters. The molecule has 0 atom stereocenters. The highest BCUT2D eigenvalue weighted by Crippen LogP contribution is 2.32. The molecule has 2 rings (SSSR count). The van der Waals surface area contributed by atoms with Gasteiger partial charge in [0.25, 0.3) is 5.91 Å². The van der Waals surface area contributed by atoms with Crippen molar-refractivity contribution in [1.29, 1.82) is 0 Å². The van der Waals surface area contributed by atoms with Gasteiger partial charge in [-0.2, -0.15) is 0 Å². The molecule has 0 saturated carbocycles. The van der Waals surface area contributed by atoms with Crippen molar-refractivity contribution in [2.24, 2.45) is 0 Å². The Morgan fingerprint density at radius 3 is 2.76 bits per heavy atom. The van der Waals surface area contributed by atoms with Gasteiger partial charge in [-0.1, -0.05) is 0 Å². The molecule has 4 heteroatoms. The van der Waals surface area contributed by atoms with Gasteiger partial charge in [0.1, 0.15) is 4.83 Å². The Morgan fingerprint density at radius 2 is 2.12 bits per heavy atom. The number of rotatable bonds is 2. The molecule has 0 fully saturated rings. The highest BCUT2D eigenvalue weighted by molar-refractivity contribution is 7.20. The molecule has 3 nitrogen and oxygen atoms in total. The zero-order valence-electron chi connectivity index (χ0n) is 10.5. The maximum atomic E-state index is 11.9. The van der Waals surface area contributed by atoms with E-state index in [9.17, 15) is 4.79 Å². The van der Waals surface area contributed by atoms with Crippen molar-refractivity contribution in [3.8, 4) is 0 Å². The maximum Gasteiger partial charge on any atom is 0.261 e. The summed E-state index contributed by atoms with van der Waals surface area (Å²) in [7, 11) is 0. The van der Waals surface area contributed by atoms with Crippen LogP contribution in [0.3, 0.4) is 0 Å². The molecule has 1 amide bonds. The van der Waals surface area contributed by atoms with E-state index in [0.717, 1.165) is 26.4 Å². The predicted octanol–water partition coefficient (Wildman–Crippen LogP) is 2.97. The molecule has 2 aromatic heterocycles. The van der Waals surface area contributed by atoms with Crippen LogP contribution in [0.15, 0.2) is 6.07 Å². The molecule has 0 aromatic carbocycles. The Kier molecular flexibility index (Phi) is 3.15. The second-order valence-electron chi connectivity index (χ2n) is 4.18. The first-order chi connectivity index (χ1) is 8.04. The fraction of sp³-hybridized carbons (Fsp3) is 0.385. The average molecular weight is 248 g/mol. The van der Waals surface area contributed by atoms with Gasteiger partial charge in [-0.3, -0.25) is 4.79 Å². The fourth-order valence-corrected chi connectivity index (χ4v) is 3.30. The van der Waals surface area contributed by atoms with E-state index in [0.29, 0.717) is 6.54 Å². The molecule has 0 radical (unpaired) electrons. The second kappa shape index (κ2) is 4.45. The number of thiophene rings is 1. The Morgan fingerprint density at radius 1 is 1.41 bits per heavy atom. The van der Waals surface area contributed by atoms with E-state index in [2.05, 4.69) is 23.3 Å². The van der Waals surface area contributed by atoms with Crippen LogP contribution in [0.25, 0.3) is 10.2 Å². The molecule has 90 valence electrons. The number of hydrogen-bond donors (Lipinski definition) is 1. The molecule has 0 spiro atoms. The van der Waals surface area contributed by atoms with Crippen molar-refractivity contribution in [2.75, 3.05) is 6.54 Å². The molecule has 2 heterocycles. The Balaban J connectivity index is 2.64. The van der Waals surface area contributed by atoms with Crippen LogP contribution in [0.5, 0.6) is 0 Å². The molecule has 0 saturated heterocycles. The largest absolute Gasteiger partial charge is 0.352 e. The third kappa shape index (κ3) is 2.05. The number of pyridine rings is 1. The summed E-state index contributed by atoms with van der Waals surface area (Å²) in [6.45, 7) is 8.62. The van der Waals surface area contributed by atoms with E-state index in [1.54, 1.807) is 0 Å². The third-order valence-electron chi connectivity index (χ3n) is 2.77. The van der Waals surface area contributed by atoms with Gasteiger partial charge in [0.15, 0.2) is 0 Å². The number of hydrogen-bond acceptors (Lipinski definition) is 3. The lowest BCUT2D eigenvalue weighted by atomic mass is 10.1. The molecule has 17 heavy (non-hydrogen) atoms. The number of carbonyl (C=O) groups is 1. The number of nitrogens with zero attached hydrogens (tertiary/aromatic N) is 1. The summed E-state index contributed by atoms with van der Waals surface area (Å²) < 4.78 is 0. The summed E-state index contributed by atoms with van der Waals surface area (Å²) in [6, 6.07) is 2.06. The van der Waals surface area contributed by atoms with Crippen molar-refractivity contribution in [3.63, 3.8) is 0 Å². The second-order valence-corrected chi connectivity index (χ2v) is 5.18. The SMILES string of the molecule is CCNC(=O)c1sc2nc(C)cc(C)c2c1C. The fourth-order valence-electron chi connectivity index (χ4n) is 2.08. The summed E-state index contributed by atoms with van der Waals surface area (Å²) in [5, 5.41) is 3.97. The van der Waals surface area contributed by atoms with Crippen molar-refractivity contribution in [2.45, 2.75) is 27.7 Å². The number of carbonyl (C=O) groups excluding carboxylic acids is 1. The van der Waals surface area contributed by atoms with Crippen LogP contribution >= 0.6 is 11.3 Å². The first-order valence-electron chi connectivity index (χ1n) is 5.70. The lowest BCUT2D eigenvalue weighted by molar-refractivity contribution is 0.0959. The highest BCUT2D eigenvalue weighted by Gasteiger charge is 2.17. The number of aryl methyl sites for hydroxylation is 3. The molecule has 0 aliphatic rings. The molecular formula is C13H16N2OS. The third-order valence-corrected chi connectivity index (χ3v) is 3.95. The number of fused-ring (bicyclic) bond motifs is 1. The van der Waals surface area contributed by atoms with Gasteiger partial charge >= 0.3 is 0 Å². The van der Waals surface area contributed by atoms with Crippen molar-refractivity contribution in [1.82, 2.24) is 10.3 Å². The Hall–Kier alpha value is -1.42. The van der Waals surface area contributed by atoms with E-state index in [-0.39, 0.29) is 5.91 Å². The summed E-state index contributed by atoms with van der Waals surface area (Å²) >= 11 is 1.48. The van der Waals surface area contributed by atoms with Gasteiger partial charge in [0, 0.05) is 17.6 Å². The standard InChI is InChI=1S/C13H16N2OS/c1-5-14-12(16)11-9(4)10-7(2)6-8(3)15-13(10)17-11/h6H,5H2,1-4H3,(H,14,16). The van der Waals surface area contributed by atoms with Crippen LogP contribution in [0, 0.1) is 20.8 Å². The minimum atomic E-state index is 0.00468. The van der Waals surface area contributed by atoms with E-state index >= 15 is 0 Å². The highest BCUT2D eigenvalue weighted by atomic mass is 32.1. The normalized spacial score (nSPS) is 10.8. The van der Waals surface area contributed by atoms with Crippen LogP contribution < -0.4 is 5.32 Å². The maximum absolute atomic E-state index is 11.9. The van der Waals surface area contributed by atoms with Crippen molar-refractivity contribution >= 4 is 27.5 Å². The number of amides is 1. The monoisotopic (exact) mass is 248 g/mol. The number of nitrogens with one attached hydrogen (secondary N) is 1. The van der Waals surface area contributed by atoms with Gasteiger partial charge in [-0.05, 0) is 44.9 Å². The minimum absolute atomic E-state index is 0.00468. The lowest BCUT2D eigenvalue weighted by Crippen LogP contribution is -2.22. The van der Waals surface area contributed by atoms with Crippen molar-refractivity contribution in [3.05, 3.63) is 27.8 Å². The topological polar surface area (TPSA) is 42.0 Å². The van der Waals surface area contributed by atoms with Gasteiger partial charge in [0.2, 0.25) is 0 Å². The van der Waals surface area contributed by atoms with E-state index in [1.165, 1.54) is 16.9 Å². The van der Waals surface area contributed by atoms with E-state index in [1.807, 2.05) is 20.8 Å². The predicted molar refractivity (Wildman–Crippen MR) is 71.8 cm³/mol. The zero-order valence-corrected chi connectivity index (χ0v) is 11.4. The van der Waals surface area contributed by atoms with E-state index < -0.39 is 0 Å². The Labute approximate surface area is 105 Å². The summed E-state index contributed by atoms with van der Waals surface area (Å²) in [5.41, 5.74) is 3.23. The molecular weight excluding hydrogens is 232 g/mol. The quantitative estimate of drug-likeness (QED) is 0.887. The van der Waals surface area contributed by atoms with Crippen LogP contribution in [0.2, 0.25) is 0 Å². The smallest absolute Gasteiger partial charge is 0.261 e. The zero-order chi connectivity index (χ0) is 12.6. The average Bonchev–Trinajstić information content (AvgIpc) is 2.56. The van der Waals surface area contributed by atoms with Crippen LogP contribution in [-0.2, 0) is 0 Å². The summed E-state index contributed by atoms with van der Waals surface area (Å²) in [5.74, 6) is 0.00468. The summed E-state index contributed by atoms with van der Waals surface area (Å²) in [6.07, 6.45) is 0. The van der Waals surface area contributed by atoms with Gasteiger partial charge in [-0.15, -0.1) is 11.3 Å². The van der Waals surface area contributed by atoms with Gasteiger partial charge in [-0.25, -0.2) is 4.98 Å². The van der Waals surface area contributed by atoms with Crippen molar-refractivity contribution < 1.29 is 4.79 Å². The molecule has 0 bridgehead atoms. The Bertz CT molecular complexity index is 587. The molecule has 0 aliphatic carbocycles. The van der Waals surface area contributed by atoms with Gasteiger partial charge in [0.05, 0.1) is 4.88 Å².